The van der Waals surface area contributed by atoms with Crippen molar-refractivity contribution in [1.29, 1.82) is 0 Å². The van der Waals surface area contributed by atoms with Crippen LogP contribution in [-0.4, -0.2) is 9.55 Å². The average molecular weight is 391 g/mol. The van der Waals surface area contributed by atoms with E-state index in [-0.39, 0.29) is 0 Å². The fraction of sp³-hybridized carbons (Fsp3) is 0.235. The van der Waals surface area contributed by atoms with Crippen molar-refractivity contribution in [2.45, 2.75) is 26.8 Å². The Kier molecular flexibility index (Phi) is 3.65. The Labute approximate surface area is 138 Å². The first-order valence-electron chi connectivity index (χ1n) is 7.01. The predicted molar refractivity (Wildman–Crippen MR) is 97.4 cm³/mol. The summed E-state index contributed by atoms with van der Waals surface area (Å²) in [6.07, 6.45) is 0. The van der Waals surface area contributed by atoms with Crippen molar-refractivity contribution in [3.63, 3.8) is 0 Å². The van der Waals surface area contributed by atoms with E-state index in [4.69, 9.17) is 10.7 Å². The Morgan fingerprint density at radius 1 is 1.14 bits per heavy atom. The van der Waals surface area contributed by atoms with Gasteiger partial charge in [-0.3, -0.25) is 0 Å². The quantitative estimate of drug-likeness (QED) is 0.505. The van der Waals surface area contributed by atoms with Gasteiger partial charge in [-0.05, 0) is 79.3 Å². The van der Waals surface area contributed by atoms with E-state index in [1.807, 2.05) is 12.1 Å². The van der Waals surface area contributed by atoms with Crippen molar-refractivity contribution in [3.05, 3.63) is 45.5 Å². The van der Waals surface area contributed by atoms with Crippen LogP contribution in [0.5, 0.6) is 0 Å². The van der Waals surface area contributed by atoms with Gasteiger partial charge in [-0.1, -0.05) is 6.07 Å². The molecule has 3 aromatic rings. The van der Waals surface area contributed by atoms with Crippen molar-refractivity contribution >= 4 is 39.3 Å². The zero-order valence-corrected chi connectivity index (χ0v) is 14.5. The van der Waals surface area contributed by atoms with E-state index in [1.165, 1.54) is 5.56 Å². The molecule has 1 heterocycles. The lowest BCUT2D eigenvalue weighted by atomic mass is 10.1. The Morgan fingerprint density at radius 2 is 1.90 bits per heavy atom. The highest BCUT2D eigenvalue weighted by molar-refractivity contribution is 14.1. The second-order valence-electron chi connectivity index (χ2n) is 5.62. The molecule has 0 fully saturated rings. The van der Waals surface area contributed by atoms with Crippen LogP contribution in [0.2, 0.25) is 0 Å². The normalized spacial score (nSPS) is 11.5. The summed E-state index contributed by atoms with van der Waals surface area (Å²) in [5, 5.41) is 0. The number of nitrogens with two attached hydrogens (primary N) is 1. The number of imidazole rings is 1. The molecular formula is C17H18IN3. The Morgan fingerprint density at radius 3 is 2.62 bits per heavy atom. The largest absolute Gasteiger partial charge is 0.398 e. The molecule has 0 amide bonds. The summed E-state index contributed by atoms with van der Waals surface area (Å²) in [6, 6.07) is 12.8. The highest BCUT2D eigenvalue weighted by Gasteiger charge is 2.17. The molecule has 0 unspecified atom stereocenters. The molecule has 0 saturated carbocycles. The van der Waals surface area contributed by atoms with Crippen LogP contribution >= 0.6 is 22.6 Å². The van der Waals surface area contributed by atoms with E-state index >= 15 is 0 Å². The molecule has 2 N–H and O–H groups in total. The summed E-state index contributed by atoms with van der Waals surface area (Å²) in [7, 11) is 0. The van der Waals surface area contributed by atoms with E-state index in [1.54, 1.807) is 0 Å². The fourth-order valence-corrected chi connectivity index (χ4v) is 3.13. The molecule has 3 nitrogen and oxygen atoms in total. The van der Waals surface area contributed by atoms with Crippen molar-refractivity contribution in [2.24, 2.45) is 0 Å². The number of fused-ring (bicyclic) bond motifs is 1. The molecular weight excluding hydrogens is 373 g/mol. The SMILES string of the molecule is Cc1ccc2c(c1)nc(-c1cc(I)ccc1N)n2C(C)C. The molecule has 21 heavy (non-hydrogen) atoms. The van der Waals surface area contributed by atoms with Crippen LogP contribution in [0.15, 0.2) is 36.4 Å². The van der Waals surface area contributed by atoms with Gasteiger partial charge < -0.3 is 10.3 Å². The average Bonchev–Trinajstić information content (AvgIpc) is 2.79. The second kappa shape index (κ2) is 5.33. The maximum Gasteiger partial charge on any atom is 0.143 e. The van der Waals surface area contributed by atoms with Gasteiger partial charge in [-0.15, -0.1) is 0 Å². The molecule has 1 aromatic heterocycles. The number of anilines is 1. The van der Waals surface area contributed by atoms with Crippen molar-refractivity contribution in [1.82, 2.24) is 9.55 Å². The first-order chi connectivity index (χ1) is 9.97. The van der Waals surface area contributed by atoms with E-state index in [9.17, 15) is 0 Å². The third-order valence-electron chi connectivity index (χ3n) is 3.62. The van der Waals surface area contributed by atoms with Gasteiger partial charge in [0.15, 0.2) is 0 Å². The van der Waals surface area contributed by atoms with Crippen LogP contribution in [0.4, 0.5) is 5.69 Å². The molecule has 3 rings (SSSR count). The van der Waals surface area contributed by atoms with Crippen molar-refractivity contribution in [2.75, 3.05) is 5.73 Å². The first-order valence-corrected chi connectivity index (χ1v) is 8.09. The third kappa shape index (κ3) is 2.52. The summed E-state index contributed by atoms with van der Waals surface area (Å²) in [4.78, 5) is 4.85. The lowest BCUT2D eigenvalue weighted by Gasteiger charge is -2.14. The van der Waals surface area contributed by atoms with E-state index in [0.29, 0.717) is 6.04 Å². The number of benzene rings is 2. The van der Waals surface area contributed by atoms with Crippen LogP contribution in [0.3, 0.4) is 0 Å². The topological polar surface area (TPSA) is 43.8 Å². The van der Waals surface area contributed by atoms with Crippen molar-refractivity contribution in [3.8, 4) is 11.4 Å². The number of halogens is 1. The monoisotopic (exact) mass is 391 g/mol. The molecule has 0 atom stereocenters. The standard InChI is InChI=1S/C17H18IN3/c1-10(2)21-16-7-4-11(3)8-15(16)20-17(21)13-9-12(18)5-6-14(13)19/h4-10H,19H2,1-3H3. The summed E-state index contributed by atoms with van der Waals surface area (Å²) in [5.74, 6) is 0.946. The molecule has 108 valence electrons. The molecule has 0 spiro atoms. The number of aromatic nitrogens is 2. The predicted octanol–water partition coefficient (Wildman–Crippen LogP) is 4.78. The number of aryl methyl sites for hydroxylation is 1. The van der Waals surface area contributed by atoms with Gasteiger partial charge in [0.1, 0.15) is 5.82 Å². The third-order valence-corrected chi connectivity index (χ3v) is 4.29. The van der Waals surface area contributed by atoms with Gasteiger partial charge >= 0.3 is 0 Å². The Bertz CT molecular complexity index is 818. The highest BCUT2D eigenvalue weighted by Crippen LogP contribution is 2.32. The lowest BCUT2D eigenvalue weighted by molar-refractivity contribution is 0.624. The smallest absolute Gasteiger partial charge is 0.143 e. The fourth-order valence-electron chi connectivity index (χ4n) is 2.64. The molecule has 0 aliphatic carbocycles. The van der Waals surface area contributed by atoms with Gasteiger partial charge in [-0.2, -0.15) is 0 Å². The second-order valence-corrected chi connectivity index (χ2v) is 6.87. The van der Waals surface area contributed by atoms with Crippen LogP contribution in [0.1, 0.15) is 25.5 Å². The van der Waals surface area contributed by atoms with Crippen LogP contribution in [0.25, 0.3) is 22.4 Å². The van der Waals surface area contributed by atoms with Crippen LogP contribution in [0, 0.1) is 10.5 Å². The molecule has 0 radical (unpaired) electrons. The van der Waals surface area contributed by atoms with Crippen molar-refractivity contribution < 1.29 is 0 Å². The zero-order valence-electron chi connectivity index (χ0n) is 12.4. The Balaban J connectivity index is 2.36. The maximum absolute atomic E-state index is 6.19. The molecule has 0 saturated heterocycles. The van der Waals surface area contributed by atoms with E-state index in [2.05, 4.69) is 72.2 Å². The van der Waals surface area contributed by atoms with Crippen LogP contribution in [-0.2, 0) is 0 Å². The van der Waals surface area contributed by atoms with Gasteiger partial charge in [-0.25, -0.2) is 4.98 Å². The zero-order chi connectivity index (χ0) is 15.1. The number of nitrogen functional groups attached to an aromatic ring is 1. The number of rotatable bonds is 2. The molecule has 2 aromatic carbocycles. The van der Waals surface area contributed by atoms with Gasteiger partial charge in [0.25, 0.3) is 0 Å². The molecule has 4 heteroatoms. The first kappa shape index (κ1) is 14.4. The summed E-state index contributed by atoms with van der Waals surface area (Å²) in [6.45, 7) is 6.44. The molecule has 0 bridgehead atoms. The summed E-state index contributed by atoms with van der Waals surface area (Å²) < 4.78 is 3.42. The minimum absolute atomic E-state index is 0.324. The maximum atomic E-state index is 6.19. The number of hydrogen-bond acceptors (Lipinski definition) is 2. The van der Waals surface area contributed by atoms with E-state index < -0.39 is 0 Å². The summed E-state index contributed by atoms with van der Waals surface area (Å²) in [5.41, 5.74) is 11.4. The van der Waals surface area contributed by atoms with Gasteiger partial charge in [0.05, 0.1) is 11.0 Å². The minimum atomic E-state index is 0.324. The van der Waals surface area contributed by atoms with E-state index in [0.717, 1.165) is 31.7 Å². The van der Waals surface area contributed by atoms with Gasteiger partial charge in [0.2, 0.25) is 0 Å². The number of nitrogens with zero attached hydrogens (tertiary/aromatic N) is 2. The number of hydrogen-bond donors (Lipinski definition) is 1. The van der Waals surface area contributed by atoms with Crippen LogP contribution < -0.4 is 5.73 Å². The Hall–Kier alpha value is -1.56. The molecule has 0 aliphatic heterocycles. The minimum Gasteiger partial charge on any atom is -0.398 e. The van der Waals surface area contributed by atoms with Gasteiger partial charge in [0, 0.05) is 20.9 Å². The lowest BCUT2D eigenvalue weighted by Crippen LogP contribution is -2.04. The highest BCUT2D eigenvalue weighted by atomic mass is 127. The molecule has 0 aliphatic rings. The summed E-state index contributed by atoms with van der Waals surface area (Å²) >= 11 is 2.31.